The minimum Gasteiger partial charge on any atom is -0.207 e. The third-order valence-corrected chi connectivity index (χ3v) is 5.86. The van der Waals surface area contributed by atoms with E-state index in [1.807, 2.05) is 13.0 Å². The minimum absolute atomic E-state index is 0.191. The first-order valence-corrected chi connectivity index (χ1v) is 8.91. The summed E-state index contributed by atoms with van der Waals surface area (Å²) in [6.45, 7) is 10.8. The summed E-state index contributed by atoms with van der Waals surface area (Å²) in [5.74, 6) is 1.21. The molecule has 3 unspecified atom stereocenters. The molecular formula is C23H27F. The van der Waals surface area contributed by atoms with Crippen molar-refractivity contribution in [3.05, 3.63) is 77.7 Å². The van der Waals surface area contributed by atoms with Crippen LogP contribution >= 0.6 is 0 Å². The van der Waals surface area contributed by atoms with Crippen molar-refractivity contribution in [3.8, 4) is 0 Å². The quantitative estimate of drug-likeness (QED) is 0.533. The molecule has 1 heteroatoms. The van der Waals surface area contributed by atoms with Gasteiger partial charge in [0.2, 0.25) is 0 Å². The Morgan fingerprint density at radius 3 is 2.83 bits per heavy atom. The first kappa shape index (κ1) is 17.0. The molecule has 1 fully saturated rings. The molecule has 3 rings (SSSR count). The van der Waals surface area contributed by atoms with E-state index in [0.29, 0.717) is 11.3 Å². The van der Waals surface area contributed by atoms with Crippen molar-refractivity contribution in [1.29, 1.82) is 0 Å². The molecular weight excluding hydrogens is 295 g/mol. The van der Waals surface area contributed by atoms with Crippen LogP contribution in [0, 0.1) is 30.0 Å². The Hall–Kier alpha value is -1.89. The van der Waals surface area contributed by atoms with E-state index in [2.05, 4.69) is 50.8 Å². The van der Waals surface area contributed by atoms with E-state index in [1.165, 1.54) is 12.5 Å². The van der Waals surface area contributed by atoms with Crippen LogP contribution in [0.4, 0.5) is 4.39 Å². The van der Waals surface area contributed by atoms with Crippen LogP contribution in [0.3, 0.4) is 0 Å². The zero-order chi connectivity index (χ0) is 17.3. The van der Waals surface area contributed by atoms with E-state index >= 15 is 0 Å². The van der Waals surface area contributed by atoms with Crippen LogP contribution < -0.4 is 0 Å². The van der Waals surface area contributed by atoms with Crippen molar-refractivity contribution in [3.63, 3.8) is 0 Å². The molecule has 0 aromatic heterocycles. The molecule has 0 amide bonds. The van der Waals surface area contributed by atoms with Gasteiger partial charge in [0.1, 0.15) is 5.82 Å². The maximum Gasteiger partial charge on any atom is 0.123 e. The molecule has 1 aromatic rings. The largest absolute Gasteiger partial charge is 0.207 e. The van der Waals surface area contributed by atoms with E-state index in [0.717, 1.165) is 35.5 Å². The lowest BCUT2D eigenvalue weighted by atomic mass is 9.79. The fourth-order valence-corrected chi connectivity index (χ4v) is 3.99. The second kappa shape index (κ2) is 6.55. The van der Waals surface area contributed by atoms with Crippen molar-refractivity contribution < 1.29 is 4.39 Å². The van der Waals surface area contributed by atoms with Crippen LogP contribution in [0.5, 0.6) is 0 Å². The number of hydrogen-bond acceptors (Lipinski definition) is 0. The monoisotopic (exact) mass is 322 g/mol. The fourth-order valence-electron chi connectivity index (χ4n) is 3.99. The second-order valence-corrected chi connectivity index (χ2v) is 7.63. The Bertz CT molecular complexity index is 734. The second-order valence-electron chi connectivity index (χ2n) is 7.63. The van der Waals surface area contributed by atoms with E-state index in [9.17, 15) is 4.39 Å². The highest BCUT2D eigenvalue weighted by Crippen LogP contribution is 2.60. The predicted molar refractivity (Wildman–Crippen MR) is 101 cm³/mol. The van der Waals surface area contributed by atoms with Gasteiger partial charge >= 0.3 is 0 Å². The van der Waals surface area contributed by atoms with Gasteiger partial charge in [-0.15, -0.1) is 0 Å². The molecule has 0 spiro atoms. The average molecular weight is 322 g/mol. The Morgan fingerprint density at radius 2 is 2.17 bits per heavy atom. The third-order valence-electron chi connectivity index (χ3n) is 5.86. The predicted octanol–water partition coefficient (Wildman–Crippen LogP) is 6.64. The van der Waals surface area contributed by atoms with E-state index < -0.39 is 0 Å². The highest BCUT2D eigenvalue weighted by Gasteiger charge is 2.50. The summed E-state index contributed by atoms with van der Waals surface area (Å²) in [7, 11) is 0. The summed E-state index contributed by atoms with van der Waals surface area (Å²) < 4.78 is 13.2. The van der Waals surface area contributed by atoms with E-state index in [4.69, 9.17) is 0 Å². The van der Waals surface area contributed by atoms with Crippen molar-refractivity contribution in [2.45, 2.75) is 40.0 Å². The molecule has 0 nitrogen and oxygen atoms in total. The Labute approximate surface area is 145 Å². The molecule has 2 aliphatic carbocycles. The Kier molecular flexibility index (Phi) is 4.62. The number of allylic oxidation sites excluding steroid dienone is 7. The zero-order valence-electron chi connectivity index (χ0n) is 15.0. The standard InChI is InChI=1S/C23H27F/c1-16(21-13-12-20(24)14-17(21)2)8-7-10-19-9-5-6-11-22(19)23(4)15-18(23)3/h5-8,11-14,18-19H,1,9-10,15H2,2-4H3/b8-7-. The van der Waals surface area contributed by atoms with Gasteiger partial charge in [-0.1, -0.05) is 62.4 Å². The molecule has 1 aromatic carbocycles. The maximum absolute atomic E-state index is 13.2. The summed E-state index contributed by atoms with van der Waals surface area (Å²) in [6.07, 6.45) is 14.6. The molecule has 0 bridgehead atoms. The molecule has 0 radical (unpaired) electrons. The number of aryl methyl sites for hydroxylation is 1. The molecule has 2 aliphatic rings. The summed E-state index contributed by atoms with van der Waals surface area (Å²) in [5.41, 5.74) is 4.94. The molecule has 0 aliphatic heterocycles. The van der Waals surface area contributed by atoms with Crippen molar-refractivity contribution in [2.24, 2.45) is 17.3 Å². The molecule has 0 N–H and O–H groups in total. The molecule has 24 heavy (non-hydrogen) atoms. The van der Waals surface area contributed by atoms with Crippen LogP contribution in [0.25, 0.3) is 5.57 Å². The SMILES string of the molecule is C=C(/C=C\CC1CC=CC=C1C1(C)CC1C)c1ccc(F)cc1C. The van der Waals surface area contributed by atoms with Gasteiger partial charge in [0.25, 0.3) is 0 Å². The van der Waals surface area contributed by atoms with Gasteiger partial charge in [-0.05, 0) is 72.3 Å². The number of benzene rings is 1. The fraction of sp³-hybridized carbons (Fsp3) is 0.391. The van der Waals surface area contributed by atoms with Crippen LogP contribution in [-0.2, 0) is 0 Å². The number of halogens is 1. The van der Waals surface area contributed by atoms with Gasteiger partial charge in [-0.25, -0.2) is 4.39 Å². The van der Waals surface area contributed by atoms with Gasteiger partial charge in [0.15, 0.2) is 0 Å². The van der Waals surface area contributed by atoms with Gasteiger partial charge in [-0.3, -0.25) is 0 Å². The summed E-state index contributed by atoms with van der Waals surface area (Å²) in [4.78, 5) is 0. The zero-order valence-corrected chi connectivity index (χ0v) is 15.0. The normalized spacial score (nSPS) is 28.9. The number of hydrogen-bond donors (Lipinski definition) is 0. The lowest BCUT2D eigenvalue weighted by molar-refractivity contribution is 0.489. The average Bonchev–Trinajstić information content (AvgIpc) is 3.15. The van der Waals surface area contributed by atoms with E-state index in [1.54, 1.807) is 11.6 Å². The van der Waals surface area contributed by atoms with Crippen molar-refractivity contribution in [2.75, 3.05) is 0 Å². The van der Waals surface area contributed by atoms with Crippen LogP contribution in [0.15, 0.2) is 60.7 Å². The highest BCUT2D eigenvalue weighted by molar-refractivity contribution is 5.73. The topological polar surface area (TPSA) is 0 Å². The van der Waals surface area contributed by atoms with Crippen molar-refractivity contribution in [1.82, 2.24) is 0 Å². The Morgan fingerprint density at radius 1 is 1.42 bits per heavy atom. The first-order valence-electron chi connectivity index (χ1n) is 8.91. The van der Waals surface area contributed by atoms with Crippen LogP contribution in [0.2, 0.25) is 0 Å². The molecule has 0 saturated heterocycles. The lowest BCUT2D eigenvalue weighted by Gasteiger charge is -2.26. The van der Waals surface area contributed by atoms with Crippen molar-refractivity contribution >= 4 is 5.57 Å². The third kappa shape index (κ3) is 3.31. The molecule has 126 valence electrons. The van der Waals surface area contributed by atoms with Crippen LogP contribution in [0.1, 0.15) is 44.2 Å². The molecule has 0 heterocycles. The summed E-state index contributed by atoms with van der Waals surface area (Å²) >= 11 is 0. The van der Waals surface area contributed by atoms with Crippen LogP contribution in [-0.4, -0.2) is 0 Å². The smallest absolute Gasteiger partial charge is 0.123 e. The van der Waals surface area contributed by atoms with E-state index in [-0.39, 0.29) is 5.82 Å². The first-order chi connectivity index (χ1) is 11.4. The van der Waals surface area contributed by atoms with Gasteiger partial charge in [0, 0.05) is 0 Å². The highest BCUT2D eigenvalue weighted by atomic mass is 19.1. The minimum atomic E-state index is -0.191. The maximum atomic E-state index is 13.2. The summed E-state index contributed by atoms with van der Waals surface area (Å²) in [6, 6.07) is 4.89. The molecule has 3 atom stereocenters. The van der Waals surface area contributed by atoms with Gasteiger partial charge in [0.05, 0.1) is 0 Å². The lowest BCUT2D eigenvalue weighted by Crippen LogP contribution is -2.14. The molecule has 1 saturated carbocycles. The Balaban J connectivity index is 1.66. The summed E-state index contributed by atoms with van der Waals surface area (Å²) in [5, 5.41) is 0. The van der Waals surface area contributed by atoms with Gasteiger partial charge in [-0.2, -0.15) is 0 Å². The van der Waals surface area contributed by atoms with Gasteiger partial charge < -0.3 is 0 Å². The number of rotatable bonds is 5.